The molecule has 0 spiro atoms. The standard InChI is InChI=1S/C21H22F3N5O3S/c22-21(23,24)32-17-3-7-19(8-4-17)33(30,31)18-5-1-15(2-6-18)13-27-20(28-14-25)29-16-9-11-26-12-10-16/h1-2,5-6,9-12,17,19H,3-4,7-8,13H2,(H2,26,27,28,29). The van der Waals surface area contributed by atoms with Crippen molar-refractivity contribution in [2.45, 2.75) is 54.8 Å². The minimum atomic E-state index is -4.72. The average molecular weight is 482 g/mol. The largest absolute Gasteiger partial charge is 0.522 e. The van der Waals surface area contributed by atoms with E-state index in [1.807, 2.05) is 0 Å². The third-order valence-corrected chi connectivity index (χ3v) is 7.43. The Bertz CT molecular complexity index is 1090. The van der Waals surface area contributed by atoms with Crippen LogP contribution in [-0.4, -0.2) is 37.1 Å². The molecule has 1 aliphatic rings. The normalized spacial score (nSPS) is 19.5. The molecule has 3 rings (SSSR count). The van der Waals surface area contributed by atoms with Gasteiger partial charge in [-0.3, -0.25) is 15.0 Å². The zero-order valence-electron chi connectivity index (χ0n) is 17.4. The van der Waals surface area contributed by atoms with Gasteiger partial charge < -0.3 is 5.32 Å². The summed E-state index contributed by atoms with van der Waals surface area (Å²) in [6.45, 7) is 0.183. The molecule has 1 saturated carbocycles. The van der Waals surface area contributed by atoms with Crippen LogP contribution in [0, 0.1) is 11.5 Å². The molecule has 2 N–H and O–H groups in total. The lowest BCUT2D eigenvalue weighted by molar-refractivity contribution is -0.345. The highest BCUT2D eigenvalue weighted by Crippen LogP contribution is 2.33. The second-order valence-electron chi connectivity index (χ2n) is 7.41. The van der Waals surface area contributed by atoms with Crippen LogP contribution < -0.4 is 10.6 Å². The Kier molecular flexibility index (Phi) is 7.88. The predicted octanol–water partition coefficient (Wildman–Crippen LogP) is 3.74. The molecule has 0 radical (unpaired) electrons. The van der Waals surface area contributed by atoms with E-state index >= 15 is 0 Å². The van der Waals surface area contributed by atoms with Gasteiger partial charge >= 0.3 is 6.36 Å². The van der Waals surface area contributed by atoms with Crippen LogP contribution in [0.15, 0.2) is 58.7 Å². The van der Waals surface area contributed by atoms with Gasteiger partial charge in [0.05, 0.1) is 22.8 Å². The number of sulfone groups is 1. The Hall–Kier alpha value is -3.17. The van der Waals surface area contributed by atoms with Crippen molar-refractivity contribution in [1.29, 1.82) is 5.26 Å². The fourth-order valence-corrected chi connectivity index (χ4v) is 5.33. The van der Waals surface area contributed by atoms with E-state index in [9.17, 15) is 21.6 Å². The molecule has 2 aromatic rings. The van der Waals surface area contributed by atoms with Crippen molar-refractivity contribution < 1.29 is 26.3 Å². The molecule has 1 aromatic carbocycles. The summed E-state index contributed by atoms with van der Waals surface area (Å²) in [6.07, 6.45) is -0.464. The van der Waals surface area contributed by atoms with Gasteiger partial charge in [-0.25, -0.2) is 13.4 Å². The molecule has 0 atom stereocenters. The van der Waals surface area contributed by atoms with Crippen molar-refractivity contribution in [3.05, 3.63) is 54.4 Å². The first kappa shape index (κ1) is 24.5. The summed E-state index contributed by atoms with van der Waals surface area (Å²) in [5.41, 5.74) is 1.40. The Balaban J connectivity index is 1.62. The Morgan fingerprint density at radius 1 is 1.12 bits per heavy atom. The Morgan fingerprint density at radius 2 is 1.76 bits per heavy atom. The molecule has 0 bridgehead atoms. The number of anilines is 1. The lowest BCUT2D eigenvalue weighted by Crippen LogP contribution is -2.33. The topological polar surface area (TPSA) is 116 Å². The summed E-state index contributed by atoms with van der Waals surface area (Å²) in [7, 11) is -3.67. The van der Waals surface area contributed by atoms with Crippen molar-refractivity contribution in [1.82, 2.24) is 10.3 Å². The summed E-state index contributed by atoms with van der Waals surface area (Å²) in [5.74, 6) is 0.221. The quantitative estimate of drug-likeness (QED) is 0.279. The summed E-state index contributed by atoms with van der Waals surface area (Å²) in [5, 5.41) is 13.6. The van der Waals surface area contributed by atoms with E-state index in [2.05, 4.69) is 25.3 Å². The lowest BCUT2D eigenvalue weighted by Gasteiger charge is -2.28. The molecule has 1 aliphatic carbocycles. The number of benzene rings is 1. The summed E-state index contributed by atoms with van der Waals surface area (Å²) < 4.78 is 66.9. The highest BCUT2D eigenvalue weighted by Gasteiger charge is 2.38. The number of alkyl halides is 3. The average Bonchev–Trinajstić information content (AvgIpc) is 2.78. The SMILES string of the molecule is N#CNC(=NCc1ccc(S(=O)(=O)C2CCC(OC(F)(F)F)CC2)cc1)Nc1ccncc1. The summed E-state index contributed by atoms with van der Waals surface area (Å²) in [6, 6.07) is 9.57. The van der Waals surface area contributed by atoms with Gasteiger partial charge in [0.1, 0.15) is 0 Å². The number of nitriles is 1. The first-order valence-electron chi connectivity index (χ1n) is 10.1. The lowest BCUT2D eigenvalue weighted by atomic mass is 9.97. The van der Waals surface area contributed by atoms with Gasteiger partial charge in [0.25, 0.3) is 0 Å². The fourth-order valence-electron chi connectivity index (χ4n) is 3.53. The molecule has 0 unspecified atom stereocenters. The van der Waals surface area contributed by atoms with Crippen LogP contribution in [0.5, 0.6) is 0 Å². The molecule has 12 heteroatoms. The number of halogens is 3. The minimum absolute atomic E-state index is 0.0371. The predicted molar refractivity (Wildman–Crippen MR) is 115 cm³/mol. The highest BCUT2D eigenvalue weighted by molar-refractivity contribution is 7.92. The van der Waals surface area contributed by atoms with Gasteiger partial charge in [0.15, 0.2) is 16.0 Å². The maximum atomic E-state index is 12.9. The van der Waals surface area contributed by atoms with Gasteiger partial charge in [-0.1, -0.05) is 12.1 Å². The van der Waals surface area contributed by atoms with Crippen molar-refractivity contribution in [3.8, 4) is 6.19 Å². The van der Waals surface area contributed by atoms with Crippen LogP contribution >= 0.6 is 0 Å². The fraction of sp³-hybridized carbons (Fsp3) is 0.381. The number of nitrogens with zero attached hydrogens (tertiary/aromatic N) is 3. The molecule has 33 heavy (non-hydrogen) atoms. The second-order valence-corrected chi connectivity index (χ2v) is 9.64. The zero-order chi connectivity index (χ0) is 23.9. The third-order valence-electron chi connectivity index (χ3n) is 5.15. The smallest absolute Gasteiger partial charge is 0.325 e. The first-order chi connectivity index (χ1) is 15.7. The molecule has 0 amide bonds. The minimum Gasteiger partial charge on any atom is -0.325 e. The number of guanidine groups is 1. The van der Waals surface area contributed by atoms with Crippen LogP contribution in [-0.2, 0) is 21.1 Å². The van der Waals surface area contributed by atoms with E-state index in [4.69, 9.17) is 5.26 Å². The molecular formula is C21H22F3N5O3S. The first-order valence-corrected chi connectivity index (χ1v) is 11.7. The van der Waals surface area contributed by atoms with Crippen LogP contribution in [0.25, 0.3) is 0 Å². The number of pyridine rings is 1. The molecular weight excluding hydrogens is 459 g/mol. The number of aliphatic imine (C=N–C) groups is 1. The van der Waals surface area contributed by atoms with Gasteiger partial charge in [0, 0.05) is 18.1 Å². The number of hydrogen-bond acceptors (Lipinski definition) is 6. The van der Waals surface area contributed by atoms with Gasteiger partial charge in [0.2, 0.25) is 5.96 Å². The molecule has 1 aromatic heterocycles. The van der Waals surface area contributed by atoms with E-state index in [-0.39, 0.29) is 43.1 Å². The van der Waals surface area contributed by atoms with Crippen molar-refractivity contribution in [2.24, 2.45) is 4.99 Å². The molecule has 176 valence electrons. The summed E-state index contributed by atoms with van der Waals surface area (Å²) in [4.78, 5) is 8.31. The van der Waals surface area contributed by atoms with Crippen LogP contribution in [0.2, 0.25) is 0 Å². The van der Waals surface area contributed by atoms with Crippen molar-refractivity contribution >= 4 is 21.5 Å². The molecule has 1 heterocycles. The van der Waals surface area contributed by atoms with Crippen LogP contribution in [0.1, 0.15) is 31.2 Å². The number of nitrogens with one attached hydrogen (secondary N) is 2. The molecule has 0 aliphatic heterocycles. The number of aromatic nitrogens is 1. The Morgan fingerprint density at radius 3 is 2.33 bits per heavy atom. The zero-order valence-corrected chi connectivity index (χ0v) is 18.2. The number of ether oxygens (including phenoxy) is 1. The second kappa shape index (κ2) is 10.6. The maximum absolute atomic E-state index is 12.9. The van der Waals surface area contributed by atoms with Gasteiger partial charge in [-0.15, -0.1) is 13.2 Å². The number of rotatable bonds is 6. The van der Waals surface area contributed by atoms with Crippen molar-refractivity contribution in [2.75, 3.05) is 5.32 Å². The van der Waals surface area contributed by atoms with Crippen LogP contribution in [0.3, 0.4) is 0 Å². The third kappa shape index (κ3) is 7.16. The molecule has 8 nitrogen and oxygen atoms in total. The van der Waals surface area contributed by atoms with E-state index in [1.165, 1.54) is 12.1 Å². The molecule has 0 saturated heterocycles. The highest BCUT2D eigenvalue weighted by atomic mass is 32.2. The van der Waals surface area contributed by atoms with E-state index < -0.39 is 27.6 Å². The number of hydrogen-bond donors (Lipinski definition) is 2. The van der Waals surface area contributed by atoms with Crippen LogP contribution in [0.4, 0.5) is 18.9 Å². The monoisotopic (exact) mass is 481 g/mol. The molecule has 1 fully saturated rings. The van der Waals surface area contributed by atoms with Gasteiger partial charge in [-0.05, 0) is 55.5 Å². The van der Waals surface area contributed by atoms with E-state index in [0.717, 1.165) is 0 Å². The summed E-state index contributed by atoms with van der Waals surface area (Å²) >= 11 is 0. The van der Waals surface area contributed by atoms with E-state index in [0.29, 0.717) is 11.3 Å². The van der Waals surface area contributed by atoms with Crippen molar-refractivity contribution in [3.63, 3.8) is 0 Å². The van der Waals surface area contributed by atoms with E-state index in [1.54, 1.807) is 42.9 Å². The Labute approximate surface area is 189 Å². The maximum Gasteiger partial charge on any atom is 0.522 e. The van der Waals surface area contributed by atoms with Gasteiger partial charge in [-0.2, -0.15) is 5.26 Å².